The van der Waals surface area contributed by atoms with Crippen LogP contribution in [0.2, 0.25) is 0 Å². The average Bonchev–Trinajstić information content (AvgIpc) is 2.27. The van der Waals surface area contributed by atoms with Crippen molar-refractivity contribution in [1.82, 2.24) is 15.5 Å². The molecule has 0 bridgehead atoms. The summed E-state index contributed by atoms with van der Waals surface area (Å²) in [5, 5.41) is 8.63. The van der Waals surface area contributed by atoms with E-state index < -0.39 is 0 Å². The van der Waals surface area contributed by atoms with Crippen molar-refractivity contribution < 1.29 is 4.79 Å². The van der Waals surface area contributed by atoms with Crippen LogP contribution < -0.4 is 10.9 Å². The minimum absolute atomic E-state index is 0.0160. The van der Waals surface area contributed by atoms with Gasteiger partial charge in [-0.2, -0.15) is 16.9 Å². The van der Waals surface area contributed by atoms with Gasteiger partial charge in [-0.25, -0.2) is 5.10 Å². The van der Waals surface area contributed by atoms with E-state index >= 15 is 0 Å². The molecule has 1 rings (SSSR count). The Morgan fingerprint density at radius 1 is 1.56 bits per heavy atom. The summed E-state index contributed by atoms with van der Waals surface area (Å²) >= 11 is 1.67. The van der Waals surface area contributed by atoms with E-state index in [9.17, 15) is 9.59 Å². The fraction of sp³-hybridized carbons (Fsp3) is 0.500. The Hall–Kier alpha value is -1.30. The van der Waals surface area contributed by atoms with E-state index in [-0.39, 0.29) is 21.9 Å². The fourth-order valence-electron chi connectivity index (χ4n) is 0.927. The van der Waals surface area contributed by atoms with Gasteiger partial charge in [0.15, 0.2) is 0 Å². The van der Waals surface area contributed by atoms with Crippen LogP contribution in [0.1, 0.15) is 24.3 Å². The Labute approximate surface area is 98.0 Å². The highest BCUT2D eigenvalue weighted by Gasteiger charge is 2.17. The van der Waals surface area contributed by atoms with Crippen LogP contribution in [0.15, 0.2) is 16.9 Å². The van der Waals surface area contributed by atoms with Crippen LogP contribution in [0.25, 0.3) is 0 Å². The number of nitrogens with one attached hydrogen (secondary N) is 2. The predicted molar refractivity (Wildman–Crippen MR) is 64.8 cm³/mol. The topological polar surface area (TPSA) is 74.8 Å². The highest BCUT2D eigenvalue weighted by Crippen LogP contribution is 2.19. The SMILES string of the molecule is CSC(C)(C)CNC(=O)c1ccc(=O)[nH]n1. The molecule has 0 unspecified atom stereocenters. The number of carbonyl (C=O) groups excluding carboxylic acids is 1. The Morgan fingerprint density at radius 2 is 2.25 bits per heavy atom. The second-order valence-electron chi connectivity index (χ2n) is 3.95. The summed E-state index contributed by atoms with van der Waals surface area (Å²) in [6.45, 7) is 4.63. The number of amides is 1. The van der Waals surface area contributed by atoms with Crippen LogP contribution >= 0.6 is 11.8 Å². The molecule has 1 aromatic rings. The number of thioether (sulfide) groups is 1. The molecule has 0 aliphatic carbocycles. The maximum Gasteiger partial charge on any atom is 0.271 e. The van der Waals surface area contributed by atoms with E-state index in [2.05, 4.69) is 15.5 Å². The van der Waals surface area contributed by atoms with Gasteiger partial charge >= 0.3 is 0 Å². The molecular formula is C10H15N3O2S. The maximum absolute atomic E-state index is 11.6. The van der Waals surface area contributed by atoms with Crippen LogP contribution in [0.3, 0.4) is 0 Å². The molecule has 1 aromatic heterocycles. The normalized spacial score (nSPS) is 11.2. The molecule has 16 heavy (non-hydrogen) atoms. The number of aromatic nitrogens is 2. The van der Waals surface area contributed by atoms with Gasteiger partial charge in [0.2, 0.25) is 0 Å². The molecule has 88 valence electrons. The highest BCUT2D eigenvalue weighted by molar-refractivity contribution is 7.99. The third-order valence-electron chi connectivity index (χ3n) is 2.14. The summed E-state index contributed by atoms with van der Waals surface area (Å²) in [4.78, 5) is 22.4. The molecule has 5 nitrogen and oxygen atoms in total. The van der Waals surface area contributed by atoms with Gasteiger partial charge in [0, 0.05) is 17.4 Å². The Kier molecular flexibility index (Phi) is 4.12. The second-order valence-corrected chi connectivity index (χ2v) is 5.47. The number of aromatic amines is 1. The molecule has 0 aliphatic rings. The number of hydrogen-bond donors (Lipinski definition) is 2. The van der Waals surface area contributed by atoms with Crippen LogP contribution in [-0.2, 0) is 0 Å². The monoisotopic (exact) mass is 241 g/mol. The number of rotatable bonds is 4. The van der Waals surface area contributed by atoms with Crippen molar-refractivity contribution in [2.45, 2.75) is 18.6 Å². The third-order valence-corrected chi connectivity index (χ3v) is 3.39. The van der Waals surface area contributed by atoms with Gasteiger partial charge in [0.05, 0.1) is 0 Å². The summed E-state index contributed by atoms with van der Waals surface area (Å²) in [7, 11) is 0. The largest absolute Gasteiger partial charge is 0.349 e. The number of carbonyl (C=O) groups is 1. The number of nitrogens with zero attached hydrogens (tertiary/aromatic N) is 1. The first-order valence-electron chi connectivity index (χ1n) is 4.84. The highest BCUT2D eigenvalue weighted by atomic mass is 32.2. The fourth-order valence-corrected chi connectivity index (χ4v) is 1.14. The van der Waals surface area contributed by atoms with E-state index in [4.69, 9.17) is 0 Å². The minimum atomic E-state index is -0.319. The van der Waals surface area contributed by atoms with Crippen molar-refractivity contribution in [2.24, 2.45) is 0 Å². The van der Waals surface area contributed by atoms with E-state index in [1.807, 2.05) is 20.1 Å². The van der Waals surface area contributed by atoms with E-state index in [1.54, 1.807) is 11.8 Å². The minimum Gasteiger partial charge on any atom is -0.349 e. The molecule has 0 atom stereocenters. The van der Waals surface area contributed by atoms with Crippen molar-refractivity contribution in [3.63, 3.8) is 0 Å². The molecule has 0 aromatic carbocycles. The summed E-state index contributed by atoms with van der Waals surface area (Å²) in [6, 6.07) is 2.68. The predicted octanol–water partition coefficient (Wildman–Crippen LogP) is 0.641. The zero-order valence-corrected chi connectivity index (χ0v) is 10.4. The molecular weight excluding hydrogens is 226 g/mol. The Morgan fingerprint density at radius 3 is 2.75 bits per heavy atom. The molecule has 0 saturated carbocycles. The van der Waals surface area contributed by atoms with Gasteiger partial charge in [0.1, 0.15) is 5.69 Å². The summed E-state index contributed by atoms with van der Waals surface area (Å²) in [5.74, 6) is -0.279. The van der Waals surface area contributed by atoms with Crippen LogP contribution in [-0.4, -0.2) is 33.7 Å². The molecule has 0 aliphatic heterocycles. The van der Waals surface area contributed by atoms with Crippen LogP contribution in [0.4, 0.5) is 0 Å². The number of hydrogen-bond acceptors (Lipinski definition) is 4. The molecule has 0 saturated heterocycles. The Bertz CT molecular complexity index is 408. The van der Waals surface area contributed by atoms with Gasteiger partial charge in [0.25, 0.3) is 11.5 Å². The van der Waals surface area contributed by atoms with Crippen molar-refractivity contribution in [2.75, 3.05) is 12.8 Å². The van der Waals surface area contributed by atoms with Gasteiger partial charge in [-0.1, -0.05) is 0 Å². The van der Waals surface area contributed by atoms with E-state index in [0.29, 0.717) is 6.54 Å². The molecule has 2 N–H and O–H groups in total. The Balaban J connectivity index is 2.60. The zero-order chi connectivity index (χ0) is 12.2. The molecule has 1 amide bonds. The van der Waals surface area contributed by atoms with Gasteiger partial charge < -0.3 is 5.32 Å². The van der Waals surface area contributed by atoms with Gasteiger partial charge in [-0.15, -0.1) is 0 Å². The van der Waals surface area contributed by atoms with Crippen LogP contribution in [0.5, 0.6) is 0 Å². The van der Waals surface area contributed by atoms with Crippen molar-refractivity contribution in [1.29, 1.82) is 0 Å². The lowest BCUT2D eigenvalue weighted by atomic mass is 10.2. The first kappa shape index (κ1) is 12.8. The van der Waals surface area contributed by atoms with Crippen molar-refractivity contribution in [3.8, 4) is 0 Å². The maximum atomic E-state index is 11.6. The molecule has 6 heteroatoms. The standard InChI is InChI=1S/C10H15N3O2S/c1-10(2,16-3)6-11-9(15)7-4-5-8(14)13-12-7/h4-5H,6H2,1-3H3,(H,11,15)(H,13,14). The van der Waals surface area contributed by atoms with Crippen molar-refractivity contribution in [3.05, 3.63) is 28.2 Å². The zero-order valence-electron chi connectivity index (χ0n) is 9.53. The summed E-state index contributed by atoms with van der Waals surface area (Å²) < 4.78 is -0.0160. The smallest absolute Gasteiger partial charge is 0.271 e. The van der Waals surface area contributed by atoms with E-state index in [1.165, 1.54) is 12.1 Å². The van der Waals surface area contributed by atoms with Crippen LogP contribution in [0, 0.1) is 0 Å². The third kappa shape index (κ3) is 3.69. The lowest BCUT2D eigenvalue weighted by Gasteiger charge is -2.21. The van der Waals surface area contributed by atoms with E-state index in [0.717, 1.165) is 0 Å². The second kappa shape index (κ2) is 5.16. The average molecular weight is 241 g/mol. The molecule has 0 fully saturated rings. The lowest BCUT2D eigenvalue weighted by molar-refractivity contribution is 0.0944. The summed E-state index contributed by atoms with van der Waals surface area (Å²) in [5.41, 5.74) is -0.0995. The molecule has 0 spiro atoms. The van der Waals surface area contributed by atoms with Gasteiger partial charge in [-0.3, -0.25) is 9.59 Å². The van der Waals surface area contributed by atoms with Gasteiger partial charge in [-0.05, 0) is 26.2 Å². The van der Waals surface area contributed by atoms with Crippen molar-refractivity contribution >= 4 is 17.7 Å². The molecule has 1 heterocycles. The molecule has 0 radical (unpaired) electrons. The lowest BCUT2D eigenvalue weighted by Crippen LogP contribution is -2.36. The number of H-pyrrole nitrogens is 1. The first-order valence-corrected chi connectivity index (χ1v) is 6.06. The quantitative estimate of drug-likeness (QED) is 0.811. The first-order chi connectivity index (χ1) is 7.44. The summed E-state index contributed by atoms with van der Waals surface area (Å²) in [6.07, 6.45) is 1.99.